The number of ether oxygens (including phenoxy) is 1. The van der Waals surface area contributed by atoms with Gasteiger partial charge in [-0.05, 0) is 42.8 Å². The lowest BCUT2D eigenvalue weighted by atomic mass is 10.1. The maximum atomic E-state index is 5.43. The van der Waals surface area contributed by atoms with Crippen molar-refractivity contribution in [3.63, 3.8) is 0 Å². The van der Waals surface area contributed by atoms with Gasteiger partial charge in [0.05, 0.1) is 19.4 Å². The maximum Gasteiger partial charge on any atom is 0.126 e. The van der Waals surface area contributed by atoms with Crippen LogP contribution in [0.15, 0.2) is 59.7 Å². The van der Waals surface area contributed by atoms with Crippen molar-refractivity contribution in [2.24, 2.45) is 0 Å². The minimum absolute atomic E-state index is 0.103. The molecule has 0 spiro atoms. The molecular formula is C15H17NO2. The fourth-order valence-corrected chi connectivity index (χ4v) is 1.79. The topological polar surface area (TPSA) is 34.4 Å². The molecule has 0 aliphatic heterocycles. The zero-order chi connectivity index (χ0) is 12.8. The highest BCUT2D eigenvalue weighted by Gasteiger charge is 2.12. The second-order valence-electron chi connectivity index (χ2n) is 3.97. The van der Waals surface area contributed by atoms with E-state index in [1.165, 1.54) is 0 Å². The molecular weight excluding hydrogens is 226 g/mol. The molecule has 0 aliphatic carbocycles. The Balaban J connectivity index is 2.10. The number of methoxy groups -OCH3 is 1. The molecule has 0 saturated carbocycles. The first kappa shape index (κ1) is 12.3. The van der Waals surface area contributed by atoms with Gasteiger partial charge in [-0.2, -0.15) is 0 Å². The van der Waals surface area contributed by atoms with Crippen LogP contribution in [0.5, 0.6) is 5.75 Å². The molecule has 3 nitrogen and oxygen atoms in total. The molecule has 0 radical (unpaired) electrons. The molecule has 3 heteroatoms. The van der Waals surface area contributed by atoms with Gasteiger partial charge < -0.3 is 14.5 Å². The number of hydrogen-bond acceptors (Lipinski definition) is 3. The van der Waals surface area contributed by atoms with E-state index in [1.54, 1.807) is 13.4 Å². The standard InChI is InChI=1S/C15H17NO2/c1-3-5-14(15-6-4-11-18-15)16-12-7-9-13(17-2)10-8-12/h3-4,6-11,14,16H,1,5H2,2H3. The third-order valence-corrected chi connectivity index (χ3v) is 2.72. The van der Waals surface area contributed by atoms with Gasteiger partial charge in [0.2, 0.25) is 0 Å². The first-order chi connectivity index (χ1) is 8.83. The molecule has 1 unspecified atom stereocenters. The molecule has 1 aromatic heterocycles. The molecule has 18 heavy (non-hydrogen) atoms. The molecule has 0 amide bonds. The van der Waals surface area contributed by atoms with Crippen molar-refractivity contribution in [1.82, 2.24) is 0 Å². The summed E-state index contributed by atoms with van der Waals surface area (Å²) in [5.74, 6) is 1.75. The number of benzene rings is 1. The van der Waals surface area contributed by atoms with Gasteiger partial charge >= 0.3 is 0 Å². The second-order valence-corrected chi connectivity index (χ2v) is 3.97. The SMILES string of the molecule is C=CCC(Nc1ccc(OC)cc1)c1ccco1. The molecule has 1 aromatic carbocycles. The zero-order valence-electron chi connectivity index (χ0n) is 10.4. The maximum absolute atomic E-state index is 5.43. The van der Waals surface area contributed by atoms with Crippen molar-refractivity contribution in [3.8, 4) is 5.75 Å². The van der Waals surface area contributed by atoms with Crippen LogP contribution in [-0.2, 0) is 0 Å². The average Bonchev–Trinajstić information content (AvgIpc) is 2.93. The highest BCUT2D eigenvalue weighted by atomic mass is 16.5. The normalized spacial score (nSPS) is 11.8. The zero-order valence-corrected chi connectivity index (χ0v) is 10.4. The lowest BCUT2D eigenvalue weighted by molar-refractivity contribution is 0.415. The molecule has 0 aliphatic rings. The van der Waals surface area contributed by atoms with E-state index in [0.29, 0.717) is 0 Å². The third-order valence-electron chi connectivity index (χ3n) is 2.72. The summed E-state index contributed by atoms with van der Waals surface area (Å²) in [7, 11) is 1.66. The summed E-state index contributed by atoms with van der Waals surface area (Å²) >= 11 is 0. The predicted molar refractivity (Wildman–Crippen MR) is 72.9 cm³/mol. The van der Waals surface area contributed by atoms with Crippen LogP contribution < -0.4 is 10.1 Å². The third kappa shape index (κ3) is 2.94. The molecule has 1 heterocycles. The van der Waals surface area contributed by atoms with Crippen molar-refractivity contribution in [2.45, 2.75) is 12.5 Å². The van der Waals surface area contributed by atoms with Crippen LogP contribution in [0.1, 0.15) is 18.2 Å². The van der Waals surface area contributed by atoms with E-state index >= 15 is 0 Å². The van der Waals surface area contributed by atoms with Crippen LogP contribution in [-0.4, -0.2) is 7.11 Å². The smallest absolute Gasteiger partial charge is 0.126 e. The minimum Gasteiger partial charge on any atom is -0.497 e. The van der Waals surface area contributed by atoms with Crippen LogP contribution in [0.3, 0.4) is 0 Å². The Kier molecular flexibility index (Phi) is 4.07. The van der Waals surface area contributed by atoms with Crippen molar-refractivity contribution in [2.75, 3.05) is 12.4 Å². The molecule has 1 N–H and O–H groups in total. The lowest BCUT2D eigenvalue weighted by Crippen LogP contribution is -2.08. The molecule has 94 valence electrons. The van der Waals surface area contributed by atoms with Crippen LogP contribution in [0.2, 0.25) is 0 Å². The second kappa shape index (κ2) is 5.96. The Morgan fingerprint density at radius 3 is 2.67 bits per heavy atom. The highest BCUT2D eigenvalue weighted by molar-refractivity contribution is 5.47. The van der Waals surface area contributed by atoms with Crippen molar-refractivity contribution >= 4 is 5.69 Å². The Bertz CT molecular complexity index is 474. The van der Waals surface area contributed by atoms with Crippen LogP contribution >= 0.6 is 0 Å². The van der Waals surface area contributed by atoms with Gasteiger partial charge in [-0.3, -0.25) is 0 Å². The Labute approximate surface area is 107 Å². The van der Waals surface area contributed by atoms with Gasteiger partial charge in [-0.15, -0.1) is 6.58 Å². The number of rotatable bonds is 6. The fraction of sp³-hybridized carbons (Fsp3) is 0.200. The minimum atomic E-state index is 0.103. The average molecular weight is 243 g/mol. The summed E-state index contributed by atoms with van der Waals surface area (Å²) < 4.78 is 10.6. The Morgan fingerprint density at radius 2 is 2.11 bits per heavy atom. The van der Waals surface area contributed by atoms with E-state index in [9.17, 15) is 0 Å². The monoisotopic (exact) mass is 243 g/mol. The van der Waals surface area contributed by atoms with Gasteiger partial charge in [0.25, 0.3) is 0 Å². The first-order valence-corrected chi connectivity index (χ1v) is 5.88. The van der Waals surface area contributed by atoms with Crippen molar-refractivity contribution in [1.29, 1.82) is 0 Å². The molecule has 0 fully saturated rings. The van der Waals surface area contributed by atoms with E-state index in [0.717, 1.165) is 23.6 Å². The number of nitrogens with one attached hydrogen (secondary N) is 1. The summed E-state index contributed by atoms with van der Waals surface area (Å²) in [4.78, 5) is 0. The molecule has 2 aromatic rings. The first-order valence-electron chi connectivity index (χ1n) is 5.88. The van der Waals surface area contributed by atoms with Crippen LogP contribution in [0, 0.1) is 0 Å². The van der Waals surface area contributed by atoms with Crippen molar-refractivity contribution in [3.05, 3.63) is 61.1 Å². The Morgan fingerprint density at radius 1 is 1.33 bits per heavy atom. The van der Waals surface area contributed by atoms with Gasteiger partial charge in [-0.1, -0.05) is 6.08 Å². The van der Waals surface area contributed by atoms with E-state index in [4.69, 9.17) is 9.15 Å². The lowest BCUT2D eigenvalue weighted by Gasteiger charge is -2.16. The Hall–Kier alpha value is -2.16. The number of hydrogen-bond donors (Lipinski definition) is 1. The number of furan rings is 1. The summed E-state index contributed by atoms with van der Waals surface area (Å²) in [6.45, 7) is 3.78. The van der Waals surface area contributed by atoms with Gasteiger partial charge in [0, 0.05) is 5.69 Å². The number of anilines is 1. The molecule has 0 saturated heterocycles. The predicted octanol–water partition coefficient (Wildman–Crippen LogP) is 4.02. The van der Waals surface area contributed by atoms with Gasteiger partial charge in [0.15, 0.2) is 0 Å². The largest absolute Gasteiger partial charge is 0.497 e. The highest BCUT2D eigenvalue weighted by Crippen LogP contribution is 2.24. The summed E-state index contributed by atoms with van der Waals surface area (Å²) in [6, 6.07) is 11.8. The quantitative estimate of drug-likeness (QED) is 0.778. The molecule has 1 atom stereocenters. The van der Waals surface area contributed by atoms with Crippen molar-refractivity contribution < 1.29 is 9.15 Å². The summed E-state index contributed by atoms with van der Waals surface area (Å²) in [5, 5.41) is 3.41. The van der Waals surface area contributed by atoms with Crippen LogP contribution in [0.25, 0.3) is 0 Å². The van der Waals surface area contributed by atoms with E-state index in [2.05, 4.69) is 11.9 Å². The molecule has 0 bridgehead atoms. The van der Waals surface area contributed by atoms with Crippen LogP contribution in [0.4, 0.5) is 5.69 Å². The van der Waals surface area contributed by atoms with Gasteiger partial charge in [-0.25, -0.2) is 0 Å². The summed E-state index contributed by atoms with van der Waals surface area (Å²) in [6.07, 6.45) is 4.37. The van der Waals surface area contributed by atoms with E-state index < -0.39 is 0 Å². The van der Waals surface area contributed by atoms with E-state index in [1.807, 2.05) is 42.5 Å². The fourth-order valence-electron chi connectivity index (χ4n) is 1.79. The van der Waals surface area contributed by atoms with Gasteiger partial charge in [0.1, 0.15) is 11.5 Å². The summed E-state index contributed by atoms with van der Waals surface area (Å²) in [5.41, 5.74) is 1.03. The molecule has 2 rings (SSSR count). The van der Waals surface area contributed by atoms with E-state index in [-0.39, 0.29) is 6.04 Å².